The van der Waals surface area contributed by atoms with Crippen LogP contribution >= 0.6 is 0 Å². The summed E-state index contributed by atoms with van der Waals surface area (Å²) in [6, 6.07) is 4.46. The van der Waals surface area contributed by atoms with E-state index in [1.807, 2.05) is 13.8 Å². The molecule has 2 aliphatic carbocycles. The smallest absolute Gasteiger partial charge is 0.126 e. The predicted molar refractivity (Wildman–Crippen MR) is 135 cm³/mol. The van der Waals surface area contributed by atoms with Gasteiger partial charge in [0.25, 0.3) is 0 Å². The van der Waals surface area contributed by atoms with Gasteiger partial charge in [-0.25, -0.2) is 0 Å². The summed E-state index contributed by atoms with van der Waals surface area (Å²) in [6.45, 7) is 17.9. The van der Waals surface area contributed by atoms with Crippen LogP contribution in [0.2, 0.25) is 0 Å². The van der Waals surface area contributed by atoms with E-state index in [4.69, 9.17) is 0 Å². The zero-order chi connectivity index (χ0) is 23.5. The molecule has 0 aromatic heterocycles. The lowest BCUT2D eigenvalue weighted by atomic mass is 9.67. The topological polar surface area (TPSA) is 40.5 Å². The molecule has 4 rings (SSSR count). The molecule has 0 bridgehead atoms. The summed E-state index contributed by atoms with van der Waals surface area (Å²) in [6.07, 6.45) is 4.65. The van der Waals surface area contributed by atoms with E-state index in [1.54, 1.807) is 0 Å². The summed E-state index contributed by atoms with van der Waals surface area (Å²) in [5.41, 5.74) is 9.04. The van der Waals surface area contributed by atoms with Crippen LogP contribution in [-0.4, -0.2) is 10.2 Å². The number of phenolic OH excluding ortho intramolecular Hbond substituents is 2. The van der Waals surface area contributed by atoms with Crippen LogP contribution in [0, 0.1) is 25.7 Å². The van der Waals surface area contributed by atoms with Crippen molar-refractivity contribution in [2.45, 2.75) is 105 Å². The Bertz CT molecular complexity index is 947. The molecule has 4 atom stereocenters. The minimum atomic E-state index is 0.363. The molecule has 2 N–H and O–H groups in total. The van der Waals surface area contributed by atoms with Crippen LogP contribution in [0.5, 0.6) is 11.5 Å². The number of fused-ring (bicyclic) bond motifs is 2. The lowest BCUT2D eigenvalue weighted by Gasteiger charge is -2.38. The Hall–Kier alpha value is -1.96. The molecule has 2 aliphatic rings. The number of benzene rings is 2. The van der Waals surface area contributed by atoms with Crippen LogP contribution in [-0.2, 0) is 0 Å². The van der Waals surface area contributed by atoms with Crippen molar-refractivity contribution in [2.75, 3.05) is 0 Å². The minimum absolute atomic E-state index is 0.363. The highest BCUT2D eigenvalue weighted by molar-refractivity contribution is 5.86. The largest absolute Gasteiger partial charge is 0.507 e. The molecule has 32 heavy (non-hydrogen) atoms. The summed E-state index contributed by atoms with van der Waals surface area (Å²) in [5, 5.41) is 23.0. The Balaban J connectivity index is 2.12. The summed E-state index contributed by atoms with van der Waals surface area (Å²) in [5.74, 6) is 3.59. The first-order valence-corrected chi connectivity index (χ1v) is 12.8. The van der Waals surface area contributed by atoms with Crippen LogP contribution < -0.4 is 0 Å². The van der Waals surface area contributed by atoms with E-state index in [9.17, 15) is 10.2 Å². The summed E-state index contributed by atoms with van der Waals surface area (Å²) >= 11 is 0. The van der Waals surface area contributed by atoms with Crippen LogP contribution in [0.1, 0.15) is 124 Å². The Kier molecular flexibility index (Phi) is 6.11. The quantitative estimate of drug-likeness (QED) is 0.507. The fourth-order valence-electron chi connectivity index (χ4n) is 6.72. The Morgan fingerprint density at radius 2 is 1.00 bits per heavy atom. The maximum absolute atomic E-state index is 11.5. The van der Waals surface area contributed by atoms with Crippen molar-refractivity contribution in [3.8, 4) is 22.6 Å². The van der Waals surface area contributed by atoms with Gasteiger partial charge in [-0.3, -0.25) is 0 Å². The molecule has 0 heterocycles. The van der Waals surface area contributed by atoms with Gasteiger partial charge in [-0.1, -0.05) is 53.7 Å². The van der Waals surface area contributed by atoms with Gasteiger partial charge in [-0.15, -0.1) is 0 Å². The van der Waals surface area contributed by atoms with Gasteiger partial charge in [0.1, 0.15) is 11.5 Å². The lowest BCUT2D eigenvalue weighted by molar-refractivity contribution is 0.402. The van der Waals surface area contributed by atoms with Crippen molar-refractivity contribution >= 4 is 0 Å². The molecule has 0 fully saturated rings. The molecule has 0 unspecified atom stereocenters. The molecule has 2 aromatic rings. The third kappa shape index (κ3) is 3.55. The normalized spacial score (nSPS) is 25.2. The molecule has 0 radical (unpaired) electrons. The average Bonchev–Trinajstić information content (AvgIpc) is 2.71. The second kappa shape index (κ2) is 8.43. The van der Waals surface area contributed by atoms with Crippen LogP contribution in [0.25, 0.3) is 11.1 Å². The standard InChI is InChI=1S/C30H42O2/c1-15(2)21-11-9-17(5)25-23(21)13-19(7)29(31)27(25)28-26-18(6)10-12-22(16(3)4)24(26)14-20(8)30(28)32/h13-18,21-22,31-32H,9-12H2,1-8H3/t17-,18-,21-,22-/m0/s1. The van der Waals surface area contributed by atoms with Gasteiger partial charge in [-0.05, 0) is 108 Å². The molecule has 2 aromatic carbocycles. The molecule has 2 heteroatoms. The third-order valence-corrected chi connectivity index (χ3v) is 8.59. The molecule has 0 amide bonds. The van der Waals surface area contributed by atoms with Gasteiger partial charge >= 0.3 is 0 Å². The average molecular weight is 435 g/mol. The minimum Gasteiger partial charge on any atom is -0.507 e. The Labute approximate surface area is 195 Å². The van der Waals surface area contributed by atoms with Crippen molar-refractivity contribution in [1.82, 2.24) is 0 Å². The highest BCUT2D eigenvalue weighted by Gasteiger charge is 2.36. The van der Waals surface area contributed by atoms with Gasteiger partial charge in [0.15, 0.2) is 0 Å². The first-order chi connectivity index (χ1) is 15.0. The second-order valence-corrected chi connectivity index (χ2v) is 11.5. The number of aryl methyl sites for hydroxylation is 2. The monoisotopic (exact) mass is 434 g/mol. The maximum atomic E-state index is 11.5. The molecule has 0 saturated heterocycles. The molecule has 2 nitrogen and oxygen atoms in total. The lowest BCUT2D eigenvalue weighted by Crippen LogP contribution is -2.21. The highest BCUT2D eigenvalue weighted by Crippen LogP contribution is 2.56. The van der Waals surface area contributed by atoms with Gasteiger partial charge in [0, 0.05) is 11.1 Å². The summed E-state index contributed by atoms with van der Waals surface area (Å²) in [7, 11) is 0. The van der Waals surface area contributed by atoms with Crippen molar-refractivity contribution in [2.24, 2.45) is 11.8 Å². The van der Waals surface area contributed by atoms with E-state index in [0.29, 0.717) is 47.0 Å². The van der Waals surface area contributed by atoms with E-state index < -0.39 is 0 Å². The molecule has 174 valence electrons. The third-order valence-electron chi connectivity index (χ3n) is 8.59. The van der Waals surface area contributed by atoms with Crippen LogP contribution in [0.3, 0.4) is 0 Å². The van der Waals surface area contributed by atoms with Gasteiger partial charge < -0.3 is 10.2 Å². The molecule has 0 aliphatic heterocycles. The van der Waals surface area contributed by atoms with Crippen molar-refractivity contribution in [1.29, 1.82) is 0 Å². The van der Waals surface area contributed by atoms with Crippen LogP contribution in [0.15, 0.2) is 12.1 Å². The molecular weight excluding hydrogens is 392 g/mol. The van der Waals surface area contributed by atoms with E-state index in [1.165, 1.54) is 35.1 Å². The number of hydrogen-bond acceptors (Lipinski definition) is 2. The zero-order valence-electron chi connectivity index (χ0n) is 21.3. The highest BCUT2D eigenvalue weighted by atomic mass is 16.3. The van der Waals surface area contributed by atoms with Crippen LogP contribution in [0.4, 0.5) is 0 Å². The first kappa shape index (κ1) is 23.2. The SMILES string of the molecule is Cc1cc2c(c(-c3c(O)c(C)cc4c3[C@@H](C)CC[C@H]4C(C)C)c1O)[C@@H](C)CC[C@H]2C(C)C. The Morgan fingerprint density at radius 1 is 0.656 bits per heavy atom. The van der Waals surface area contributed by atoms with E-state index in [-0.39, 0.29) is 0 Å². The van der Waals surface area contributed by atoms with Gasteiger partial charge in [-0.2, -0.15) is 0 Å². The van der Waals surface area contributed by atoms with E-state index >= 15 is 0 Å². The molecule has 0 spiro atoms. The van der Waals surface area contributed by atoms with Gasteiger partial charge in [0.05, 0.1) is 0 Å². The van der Waals surface area contributed by atoms with Crippen molar-refractivity contribution < 1.29 is 10.2 Å². The second-order valence-electron chi connectivity index (χ2n) is 11.5. The van der Waals surface area contributed by atoms with E-state index in [0.717, 1.165) is 35.1 Å². The first-order valence-electron chi connectivity index (χ1n) is 12.8. The Morgan fingerprint density at radius 3 is 1.31 bits per heavy atom. The molecular formula is C30H42O2. The number of aromatic hydroxyl groups is 2. The fourth-order valence-corrected chi connectivity index (χ4v) is 6.72. The number of phenols is 2. The van der Waals surface area contributed by atoms with E-state index in [2.05, 4.69) is 53.7 Å². The number of hydrogen-bond donors (Lipinski definition) is 2. The van der Waals surface area contributed by atoms with Crippen molar-refractivity contribution in [3.63, 3.8) is 0 Å². The number of rotatable bonds is 3. The van der Waals surface area contributed by atoms with Gasteiger partial charge in [0.2, 0.25) is 0 Å². The summed E-state index contributed by atoms with van der Waals surface area (Å²) < 4.78 is 0. The fraction of sp³-hybridized carbons (Fsp3) is 0.600. The predicted octanol–water partition coefficient (Wildman–Crippen LogP) is 8.66. The maximum Gasteiger partial charge on any atom is 0.126 e. The molecule has 0 saturated carbocycles. The summed E-state index contributed by atoms with van der Waals surface area (Å²) in [4.78, 5) is 0. The van der Waals surface area contributed by atoms with Crippen molar-refractivity contribution in [3.05, 3.63) is 45.5 Å². The zero-order valence-corrected chi connectivity index (χ0v) is 21.3.